The Morgan fingerprint density at radius 1 is 1.55 bits per heavy atom. The molecular weight excluding hydrogens is 258 g/mol. The number of carboxylic acid groups (broad SMARTS) is 1. The molecule has 0 saturated carbocycles. The summed E-state index contributed by atoms with van der Waals surface area (Å²) in [5.41, 5.74) is -0.767. The fraction of sp³-hybridized carbons (Fsp3) is 0.667. The molecule has 0 aliphatic carbocycles. The molecule has 1 rings (SSSR count). The highest BCUT2D eigenvalue weighted by atomic mass is 16.5. The highest BCUT2D eigenvalue weighted by molar-refractivity contribution is 5.66. The molecular formula is C15H25NO4. The Bertz CT molecular complexity index is 354. The summed E-state index contributed by atoms with van der Waals surface area (Å²) in [6, 6.07) is -0.139. The monoisotopic (exact) mass is 283 g/mol. The first-order chi connectivity index (χ1) is 9.42. The molecule has 5 heteroatoms. The number of carbonyl (C=O) groups is 1. The topological polar surface area (TPSA) is 59.0 Å². The molecule has 0 radical (unpaired) electrons. The smallest absolute Gasteiger partial charge is 0.409 e. The minimum absolute atomic E-state index is 0.139. The van der Waals surface area contributed by atoms with Gasteiger partial charge in [0.15, 0.2) is 0 Å². The summed E-state index contributed by atoms with van der Waals surface area (Å²) in [5, 5.41) is 9.36. The molecule has 114 valence electrons. The van der Waals surface area contributed by atoms with Crippen LogP contribution in [0.25, 0.3) is 0 Å². The molecule has 20 heavy (non-hydrogen) atoms. The third-order valence-corrected chi connectivity index (χ3v) is 3.47. The molecule has 1 amide bonds. The Morgan fingerprint density at radius 2 is 2.25 bits per heavy atom. The number of hydrogen-bond acceptors (Lipinski definition) is 3. The number of nitrogens with zero attached hydrogens (tertiary/aromatic N) is 1. The maximum atomic E-state index is 11.4. The average molecular weight is 283 g/mol. The summed E-state index contributed by atoms with van der Waals surface area (Å²) >= 11 is 0. The maximum Gasteiger partial charge on any atom is 0.409 e. The Hall–Kier alpha value is -1.33. The lowest BCUT2D eigenvalue weighted by atomic mass is 9.96. The molecule has 2 atom stereocenters. The van der Waals surface area contributed by atoms with E-state index < -0.39 is 11.8 Å². The molecule has 5 nitrogen and oxygen atoms in total. The molecule has 0 spiro atoms. The van der Waals surface area contributed by atoms with E-state index in [0.717, 1.165) is 6.42 Å². The summed E-state index contributed by atoms with van der Waals surface area (Å²) < 4.78 is 11.1. The largest absolute Gasteiger partial charge is 0.465 e. The SMILES string of the molecule is C=CCOC[C@H](CC=C)CC1COC(C)(C)N1C(=O)O. The molecule has 1 unspecified atom stereocenters. The van der Waals surface area contributed by atoms with Gasteiger partial charge in [-0.25, -0.2) is 4.79 Å². The second-order valence-corrected chi connectivity index (χ2v) is 5.52. The van der Waals surface area contributed by atoms with Crippen molar-refractivity contribution >= 4 is 6.09 Å². The molecule has 0 bridgehead atoms. The maximum absolute atomic E-state index is 11.4. The summed E-state index contributed by atoms with van der Waals surface area (Å²) in [4.78, 5) is 12.8. The van der Waals surface area contributed by atoms with E-state index in [9.17, 15) is 9.90 Å². The van der Waals surface area contributed by atoms with Crippen molar-refractivity contribution in [1.29, 1.82) is 0 Å². The summed E-state index contributed by atoms with van der Waals surface area (Å²) in [5.74, 6) is 0.233. The summed E-state index contributed by atoms with van der Waals surface area (Å²) in [6.45, 7) is 12.4. The van der Waals surface area contributed by atoms with Crippen molar-refractivity contribution in [1.82, 2.24) is 4.90 Å². The van der Waals surface area contributed by atoms with Crippen molar-refractivity contribution < 1.29 is 19.4 Å². The van der Waals surface area contributed by atoms with Gasteiger partial charge in [-0.1, -0.05) is 12.2 Å². The number of ether oxygens (including phenoxy) is 2. The molecule has 0 aromatic carbocycles. The number of allylic oxidation sites excluding steroid dienone is 1. The Morgan fingerprint density at radius 3 is 2.80 bits per heavy atom. The van der Waals surface area contributed by atoms with Crippen LogP contribution in [-0.2, 0) is 9.47 Å². The fourth-order valence-corrected chi connectivity index (χ4v) is 2.61. The van der Waals surface area contributed by atoms with Gasteiger partial charge in [0, 0.05) is 0 Å². The first kappa shape index (κ1) is 16.7. The van der Waals surface area contributed by atoms with Crippen LogP contribution in [0.1, 0.15) is 26.7 Å². The second kappa shape index (κ2) is 7.45. The van der Waals surface area contributed by atoms with E-state index in [0.29, 0.717) is 26.2 Å². The Balaban J connectivity index is 2.64. The van der Waals surface area contributed by atoms with Crippen LogP contribution in [0, 0.1) is 5.92 Å². The minimum atomic E-state index is -0.943. The van der Waals surface area contributed by atoms with Crippen LogP contribution < -0.4 is 0 Å². The van der Waals surface area contributed by atoms with Crippen LogP contribution in [0.4, 0.5) is 4.79 Å². The van der Waals surface area contributed by atoms with Crippen molar-refractivity contribution in [3.05, 3.63) is 25.3 Å². The van der Waals surface area contributed by atoms with Crippen LogP contribution in [0.15, 0.2) is 25.3 Å². The molecule has 1 fully saturated rings. The van der Waals surface area contributed by atoms with Crippen LogP contribution >= 0.6 is 0 Å². The zero-order chi connectivity index (χ0) is 15.2. The van der Waals surface area contributed by atoms with E-state index in [4.69, 9.17) is 9.47 Å². The van der Waals surface area contributed by atoms with Gasteiger partial charge in [-0.2, -0.15) is 0 Å². The standard InChI is InChI=1S/C15H25NO4/c1-5-7-12(10-19-8-6-2)9-13-11-20-15(3,4)16(13)14(17)18/h5-6,12-13H,1-2,7-11H2,3-4H3,(H,17,18)/t12-,13?/m1/s1. The normalized spacial score (nSPS) is 22.5. The predicted octanol–water partition coefficient (Wildman–Crippen LogP) is 2.89. The van der Waals surface area contributed by atoms with E-state index in [2.05, 4.69) is 13.2 Å². The van der Waals surface area contributed by atoms with Gasteiger partial charge in [0.2, 0.25) is 0 Å². The lowest BCUT2D eigenvalue weighted by molar-refractivity contribution is -0.0427. The first-order valence-corrected chi connectivity index (χ1v) is 6.88. The lowest BCUT2D eigenvalue weighted by Gasteiger charge is -2.32. The minimum Gasteiger partial charge on any atom is -0.465 e. The van der Waals surface area contributed by atoms with E-state index in [-0.39, 0.29) is 12.0 Å². The van der Waals surface area contributed by atoms with Crippen molar-refractivity contribution in [2.24, 2.45) is 5.92 Å². The van der Waals surface area contributed by atoms with Gasteiger partial charge in [0.05, 0.1) is 25.9 Å². The van der Waals surface area contributed by atoms with Gasteiger partial charge in [-0.3, -0.25) is 4.90 Å². The molecule has 1 aliphatic rings. The van der Waals surface area contributed by atoms with Gasteiger partial charge in [0.1, 0.15) is 5.72 Å². The molecule has 1 heterocycles. The Labute approximate surface area is 120 Å². The third-order valence-electron chi connectivity index (χ3n) is 3.47. The average Bonchev–Trinajstić information content (AvgIpc) is 2.65. The van der Waals surface area contributed by atoms with Crippen LogP contribution in [0.3, 0.4) is 0 Å². The van der Waals surface area contributed by atoms with Gasteiger partial charge >= 0.3 is 6.09 Å². The summed E-state index contributed by atoms with van der Waals surface area (Å²) in [7, 11) is 0. The van der Waals surface area contributed by atoms with Crippen molar-refractivity contribution in [2.45, 2.75) is 38.5 Å². The highest BCUT2D eigenvalue weighted by Gasteiger charge is 2.44. The zero-order valence-electron chi connectivity index (χ0n) is 12.4. The van der Waals surface area contributed by atoms with E-state index in [1.54, 1.807) is 19.9 Å². The zero-order valence-corrected chi connectivity index (χ0v) is 12.4. The second-order valence-electron chi connectivity index (χ2n) is 5.52. The predicted molar refractivity (Wildman–Crippen MR) is 77.6 cm³/mol. The van der Waals surface area contributed by atoms with Crippen molar-refractivity contribution in [3.8, 4) is 0 Å². The molecule has 0 aromatic heterocycles. The lowest BCUT2D eigenvalue weighted by Crippen LogP contribution is -2.47. The number of rotatable bonds is 8. The summed E-state index contributed by atoms with van der Waals surface area (Å²) in [6.07, 6.45) is 4.10. The fourth-order valence-electron chi connectivity index (χ4n) is 2.61. The van der Waals surface area contributed by atoms with E-state index in [1.165, 1.54) is 4.90 Å². The Kier molecular flexibility index (Phi) is 6.23. The van der Waals surface area contributed by atoms with Gasteiger partial charge in [0.25, 0.3) is 0 Å². The van der Waals surface area contributed by atoms with Gasteiger partial charge < -0.3 is 14.6 Å². The van der Waals surface area contributed by atoms with Gasteiger partial charge in [-0.05, 0) is 32.6 Å². The number of amides is 1. The molecule has 1 aliphatic heterocycles. The first-order valence-electron chi connectivity index (χ1n) is 6.88. The quantitative estimate of drug-likeness (QED) is 0.549. The highest BCUT2D eigenvalue weighted by Crippen LogP contribution is 2.31. The molecule has 1 N–H and O–H groups in total. The third kappa shape index (κ3) is 4.35. The number of hydrogen-bond donors (Lipinski definition) is 1. The van der Waals surface area contributed by atoms with Crippen LogP contribution in [-0.4, -0.2) is 47.7 Å². The van der Waals surface area contributed by atoms with E-state index in [1.807, 2.05) is 6.08 Å². The van der Waals surface area contributed by atoms with Crippen molar-refractivity contribution in [2.75, 3.05) is 19.8 Å². The van der Waals surface area contributed by atoms with Crippen LogP contribution in [0.2, 0.25) is 0 Å². The van der Waals surface area contributed by atoms with Crippen molar-refractivity contribution in [3.63, 3.8) is 0 Å². The van der Waals surface area contributed by atoms with Gasteiger partial charge in [-0.15, -0.1) is 13.2 Å². The van der Waals surface area contributed by atoms with Crippen LogP contribution in [0.5, 0.6) is 0 Å². The molecule has 0 aromatic rings. The molecule has 1 saturated heterocycles. The van der Waals surface area contributed by atoms with E-state index >= 15 is 0 Å².